The van der Waals surface area contributed by atoms with E-state index in [9.17, 15) is 10.1 Å². The summed E-state index contributed by atoms with van der Waals surface area (Å²) in [5.74, 6) is 0.287. The van der Waals surface area contributed by atoms with Gasteiger partial charge in [-0.15, -0.1) is 0 Å². The van der Waals surface area contributed by atoms with Crippen LogP contribution in [0.3, 0.4) is 0 Å². The third kappa shape index (κ3) is 3.50. The summed E-state index contributed by atoms with van der Waals surface area (Å²) in [5, 5.41) is 17.4. The Hall–Kier alpha value is -2.12. The Labute approximate surface area is 130 Å². The minimum absolute atomic E-state index is 0.0148. The van der Waals surface area contributed by atoms with Gasteiger partial charge in [0.2, 0.25) is 11.8 Å². The van der Waals surface area contributed by atoms with E-state index in [2.05, 4.69) is 20.6 Å². The van der Waals surface area contributed by atoms with Crippen LogP contribution >= 0.6 is 23.2 Å². The largest absolute Gasteiger partial charge is 0.354 e. The van der Waals surface area contributed by atoms with Gasteiger partial charge in [-0.2, -0.15) is 4.98 Å². The molecular weight excluding hydrogens is 317 g/mol. The fourth-order valence-electron chi connectivity index (χ4n) is 1.58. The maximum absolute atomic E-state index is 11.1. The van der Waals surface area contributed by atoms with Crippen LogP contribution in [0, 0.1) is 10.1 Å². The summed E-state index contributed by atoms with van der Waals surface area (Å²) in [6.45, 7) is 2.45. The Morgan fingerprint density at radius 1 is 1.33 bits per heavy atom. The highest BCUT2D eigenvalue weighted by Gasteiger charge is 2.19. The molecule has 1 aromatic heterocycles. The maximum atomic E-state index is 11.1. The first kappa shape index (κ1) is 15.3. The number of aromatic nitrogens is 2. The van der Waals surface area contributed by atoms with Gasteiger partial charge in [-0.05, 0) is 19.1 Å². The van der Waals surface area contributed by atoms with E-state index in [1.165, 1.54) is 0 Å². The van der Waals surface area contributed by atoms with Crippen LogP contribution in [0.1, 0.15) is 6.92 Å². The number of hydrogen-bond donors (Lipinski definition) is 2. The summed E-state index contributed by atoms with van der Waals surface area (Å²) in [6, 6.07) is 4.91. The first-order valence-corrected chi connectivity index (χ1v) is 6.75. The summed E-state index contributed by atoms with van der Waals surface area (Å²) in [6.07, 6.45) is 1.12. The van der Waals surface area contributed by atoms with Gasteiger partial charge in [-0.25, -0.2) is 4.98 Å². The molecule has 2 N–H and O–H groups in total. The van der Waals surface area contributed by atoms with E-state index in [1.807, 2.05) is 6.92 Å². The summed E-state index contributed by atoms with van der Waals surface area (Å²) >= 11 is 12.1. The van der Waals surface area contributed by atoms with Crippen LogP contribution < -0.4 is 10.6 Å². The molecule has 1 heterocycles. The van der Waals surface area contributed by atoms with Crippen molar-refractivity contribution in [2.45, 2.75) is 6.92 Å². The fraction of sp³-hybridized carbons (Fsp3) is 0.167. The molecule has 0 aliphatic carbocycles. The van der Waals surface area contributed by atoms with Gasteiger partial charge in [0, 0.05) is 6.54 Å². The summed E-state index contributed by atoms with van der Waals surface area (Å²) in [5.41, 5.74) is 0.0812. The van der Waals surface area contributed by atoms with Gasteiger partial charge in [0.15, 0.2) is 0 Å². The van der Waals surface area contributed by atoms with Crippen molar-refractivity contribution in [3.63, 3.8) is 0 Å². The third-order valence-electron chi connectivity index (χ3n) is 2.51. The molecule has 110 valence electrons. The SMILES string of the molecule is CCNc1ncc([N+](=O)[O-])c(Nc2c(Cl)cccc2Cl)n1. The molecule has 2 aromatic rings. The molecule has 0 unspecified atom stereocenters. The zero-order valence-corrected chi connectivity index (χ0v) is 12.4. The van der Waals surface area contributed by atoms with Crippen molar-refractivity contribution < 1.29 is 4.92 Å². The molecule has 21 heavy (non-hydrogen) atoms. The molecule has 0 fully saturated rings. The van der Waals surface area contributed by atoms with Gasteiger partial charge in [0.25, 0.3) is 0 Å². The van der Waals surface area contributed by atoms with Crippen LogP contribution in [-0.2, 0) is 0 Å². The number of halogens is 2. The van der Waals surface area contributed by atoms with Gasteiger partial charge < -0.3 is 10.6 Å². The van der Waals surface area contributed by atoms with Crippen LogP contribution in [0.15, 0.2) is 24.4 Å². The van der Waals surface area contributed by atoms with Gasteiger partial charge >= 0.3 is 5.69 Å². The number of nitrogens with zero attached hydrogens (tertiary/aromatic N) is 3. The average molecular weight is 328 g/mol. The standard InChI is InChI=1S/C12H11Cl2N5O2/c1-2-15-12-16-6-9(19(20)21)11(18-12)17-10-7(13)4-3-5-8(10)14/h3-6H,2H2,1H3,(H2,15,16,17,18). The normalized spacial score (nSPS) is 10.2. The number of para-hydroxylation sites is 1. The highest BCUT2D eigenvalue weighted by atomic mass is 35.5. The first-order chi connectivity index (χ1) is 10.0. The second kappa shape index (κ2) is 6.55. The quantitative estimate of drug-likeness (QED) is 0.639. The topological polar surface area (TPSA) is 93.0 Å². The molecular formula is C12H11Cl2N5O2. The van der Waals surface area contributed by atoms with Crippen molar-refractivity contribution in [1.82, 2.24) is 9.97 Å². The second-order valence-electron chi connectivity index (χ2n) is 3.94. The van der Waals surface area contributed by atoms with Crippen molar-refractivity contribution in [1.29, 1.82) is 0 Å². The summed E-state index contributed by atoms with van der Waals surface area (Å²) < 4.78 is 0. The lowest BCUT2D eigenvalue weighted by atomic mass is 10.3. The molecule has 1 aromatic carbocycles. The second-order valence-corrected chi connectivity index (χ2v) is 4.75. The molecule has 0 spiro atoms. The highest BCUT2D eigenvalue weighted by molar-refractivity contribution is 6.39. The van der Waals surface area contributed by atoms with Crippen molar-refractivity contribution in [2.75, 3.05) is 17.2 Å². The zero-order chi connectivity index (χ0) is 15.4. The Morgan fingerprint density at radius 3 is 2.57 bits per heavy atom. The van der Waals surface area contributed by atoms with E-state index in [1.54, 1.807) is 18.2 Å². The molecule has 0 atom stereocenters. The van der Waals surface area contributed by atoms with Crippen molar-refractivity contribution in [3.05, 3.63) is 44.6 Å². The van der Waals surface area contributed by atoms with E-state index < -0.39 is 4.92 Å². The lowest BCUT2D eigenvalue weighted by Crippen LogP contribution is -2.07. The number of anilines is 3. The van der Waals surface area contributed by atoms with Crippen LogP contribution in [0.5, 0.6) is 0 Å². The van der Waals surface area contributed by atoms with E-state index in [4.69, 9.17) is 23.2 Å². The number of hydrogen-bond acceptors (Lipinski definition) is 6. The fourth-order valence-corrected chi connectivity index (χ4v) is 2.07. The third-order valence-corrected chi connectivity index (χ3v) is 3.14. The average Bonchev–Trinajstić information content (AvgIpc) is 2.43. The Bertz CT molecular complexity index is 660. The molecule has 0 saturated carbocycles. The smallest absolute Gasteiger partial charge is 0.329 e. The Balaban J connectivity index is 2.46. The molecule has 0 amide bonds. The summed E-state index contributed by atoms with van der Waals surface area (Å²) in [4.78, 5) is 18.4. The lowest BCUT2D eigenvalue weighted by molar-refractivity contribution is -0.384. The van der Waals surface area contributed by atoms with E-state index in [0.29, 0.717) is 22.3 Å². The van der Waals surface area contributed by atoms with Crippen molar-refractivity contribution in [2.24, 2.45) is 0 Å². The van der Waals surface area contributed by atoms with Gasteiger partial charge in [-0.1, -0.05) is 29.3 Å². The molecule has 0 aliphatic rings. The van der Waals surface area contributed by atoms with Crippen LogP contribution in [0.4, 0.5) is 23.1 Å². The van der Waals surface area contributed by atoms with E-state index >= 15 is 0 Å². The lowest BCUT2D eigenvalue weighted by Gasteiger charge is -2.10. The maximum Gasteiger partial charge on any atom is 0.329 e. The van der Waals surface area contributed by atoms with Crippen molar-refractivity contribution >= 4 is 46.3 Å². The van der Waals surface area contributed by atoms with E-state index in [-0.39, 0.29) is 17.5 Å². The Morgan fingerprint density at radius 2 is 2.00 bits per heavy atom. The molecule has 9 heteroatoms. The van der Waals surface area contributed by atoms with Crippen molar-refractivity contribution in [3.8, 4) is 0 Å². The Kier molecular flexibility index (Phi) is 4.77. The highest BCUT2D eigenvalue weighted by Crippen LogP contribution is 2.34. The van der Waals surface area contributed by atoms with Gasteiger partial charge in [-0.3, -0.25) is 10.1 Å². The molecule has 7 nitrogen and oxygen atoms in total. The number of benzene rings is 1. The van der Waals surface area contributed by atoms with Crippen LogP contribution in [-0.4, -0.2) is 21.4 Å². The zero-order valence-electron chi connectivity index (χ0n) is 10.9. The number of rotatable bonds is 5. The molecule has 0 radical (unpaired) electrons. The molecule has 0 aliphatic heterocycles. The van der Waals surface area contributed by atoms with Gasteiger partial charge in [0.1, 0.15) is 6.20 Å². The molecule has 0 saturated heterocycles. The summed E-state index contributed by atoms with van der Waals surface area (Å²) in [7, 11) is 0. The monoisotopic (exact) mass is 327 g/mol. The van der Waals surface area contributed by atoms with Gasteiger partial charge in [0.05, 0.1) is 20.7 Å². The minimum Gasteiger partial charge on any atom is -0.354 e. The number of nitrogens with one attached hydrogen (secondary N) is 2. The first-order valence-electron chi connectivity index (χ1n) is 5.99. The molecule has 0 bridgehead atoms. The van der Waals surface area contributed by atoms with Crippen LogP contribution in [0.25, 0.3) is 0 Å². The van der Waals surface area contributed by atoms with Crippen LogP contribution in [0.2, 0.25) is 10.0 Å². The van der Waals surface area contributed by atoms with E-state index in [0.717, 1.165) is 6.20 Å². The molecule has 2 rings (SSSR count). The predicted octanol–water partition coefficient (Wildman–Crippen LogP) is 3.87. The predicted molar refractivity (Wildman–Crippen MR) is 82.6 cm³/mol. The number of nitro groups is 1. The minimum atomic E-state index is -0.581.